The standard InChI is InChI=1S/C19H25N3O3S.ClH/c1-13-10-11-14(21-18(23)17(20)19(2,3)4)12-16(13)22-26(24,25)15-8-6-5-7-9-15;/h5-12,17,22H,20H2,1-4H3,(H,21,23);1H/t17-;/m1./s1. The normalized spacial score (nSPS) is 12.6. The number of hydrogen-bond donors (Lipinski definition) is 3. The first-order valence-corrected chi connectivity index (χ1v) is 9.74. The number of rotatable bonds is 5. The Labute approximate surface area is 167 Å². The van der Waals surface area contributed by atoms with Crippen molar-refractivity contribution in [2.75, 3.05) is 10.0 Å². The van der Waals surface area contributed by atoms with Crippen LogP contribution in [0.15, 0.2) is 53.4 Å². The van der Waals surface area contributed by atoms with Gasteiger partial charge in [0, 0.05) is 5.69 Å². The van der Waals surface area contributed by atoms with Crippen molar-refractivity contribution < 1.29 is 13.2 Å². The van der Waals surface area contributed by atoms with Crippen molar-refractivity contribution in [1.82, 2.24) is 0 Å². The topological polar surface area (TPSA) is 101 Å². The molecule has 0 aliphatic rings. The molecular weight excluding hydrogens is 386 g/mol. The summed E-state index contributed by atoms with van der Waals surface area (Å²) >= 11 is 0. The molecule has 2 aromatic rings. The molecule has 0 saturated heterocycles. The van der Waals surface area contributed by atoms with E-state index < -0.39 is 16.1 Å². The van der Waals surface area contributed by atoms with Crippen molar-refractivity contribution in [1.29, 1.82) is 0 Å². The van der Waals surface area contributed by atoms with E-state index in [1.54, 1.807) is 43.3 Å². The van der Waals surface area contributed by atoms with Crippen LogP contribution in [-0.2, 0) is 14.8 Å². The molecule has 6 nitrogen and oxygen atoms in total. The van der Waals surface area contributed by atoms with Crippen LogP contribution in [0.25, 0.3) is 0 Å². The second-order valence-electron chi connectivity index (χ2n) is 7.28. The molecule has 1 amide bonds. The van der Waals surface area contributed by atoms with E-state index >= 15 is 0 Å². The minimum atomic E-state index is -3.71. The lowest BCUT2D eigenvalue weighted by Gasteiger charge is -2.26. The highest BCUT2D eigenvalue weighted by atomic mass is 35.5. The predicted molar refractivity (Wildman–Crippen MR) is 112 cm³/mol. The highest BCUT2D eigenvalue weighted by Crippen LogP contribution is 2.25. The predicted octanol–water partition coefficient (Wildman–Crippen LogP) is 3.53. The van der Waals surface area contributed by atoms with Crippen LogP contribution in [0, 0.1) is 12.3 Å². The molecule has 2 aromatic carbocycles. The fourth-order valence-corrected chi connectivity index (χ4v) is 3.37. The molecule has 0 radical (unpaired) electrons. The summed E-state index contributed by atoms with van der Waals surface area (Å²) in [4.78, 5) is 12.5. The summed E-state index contributed by atoms with van der Waals surface area (Å²) in [7, 11) is -3.71. The van der Waals surface area contributed by atoms with Gasteiger partial charge in [0.15, 0.2) is 0 Å². The molecule has 148 valence electrons. The number of halogens is 1. The van der Waals surface area contributed by atoms with Gasteiger partial charge >= 0.3 is 0 Å². The van der Waals surface area contributed by atoms with Crippen molar-refractivity contribution in [2.45, 2.75) is 38.6 Å². The van der Waals surface area contributed by atoms with Gasteiger partial charge in [0.2, 0.25) is 5.91 Å². The second kappa shape index (κ2) is 8.73. The van der Waals surface area contributed by atoms with E-state index in [2.05, 4.69) is 10.0 Å². The lowest BCUT2D eigenvalue weighted by atomic mass is 9.87. The first-order valence-electron chi connectivity index (χ1n) is 8.26. The second-order valence-corrected chi connectivity index (χ2v) is 8.96. The first-order chi connectivity index (χ1) is 12.0. The Morgan fingerprint density at radius 2 is 1.67 bits per heavy atom. The quantitative estimate of drug-likeness (QED) is 0.700. The third-order valence-corrected chi connectivity index (χ3v) is 5.40. The maximum atomic E-state index is 12.5. The number of anilines is 2. The number of benzene rings is 2. The van der Waals surface area contributed by atoms with Gasteiger partial charge in [-0.15, -0.1) is 12.4 Å². The van der Waals surface area contributed by atoms with Gasteiger partial charge in [-0.1, -0.05) is 45.0 Å². The highest BCUT2D eigenvalue weighted by Gasteiger charge is 2.27. The first kappa shape index (κ1) is 23.0. The summed E-state index contributed by atoms with van der Waals surface area (Å²) in [5, 5.41) is 2.74. The zero-order chi connectivity index (χ0) is 19.5. The van der Waals surface area contributed by atoms with Gasteiger partial charge in [0.05, 0.1) is 16.6 Å². The molecule has 0 fully saturated rings. The smallest absolute Gasteiger partial charge is 0.261 e. The summed E-state index contributed by atoms with van der Waals surface area (Å²) in [6.07, 6.45) is 0. The average Bonchev–Trinajstić information content (AvgIpc) is 2.57. The van der Waals surface area contributed by atoms with E-state index in [1.165, 1.54) is 12.1 Å². The molecule has 0 aromatic heterocycles. The Morgan fingerprint density at radius 3 is 2.22 bits per heavy atom. The SMILES string of the molecule is Cc1ccc(NC(=O)[C@@H](N)C(C)(C)C)cc1NS(=O)(=O)c1ccccc1.Cl. The summed E-state index contributed by atoms with van der Waals surface area (Å²) in [6.45, 7) is 7.43. The zero-order valence-electron chi connectivity index (χ0n) is 15.8. The molecule has 0 spiro atoms. The lowest BCUT2D eigenvalue weighted by molar-refractivity contribution is -0.119. The third-order valence-electron chi connectivity index (χ3n) is 4.02. The number of carbonyl (C=O) groups excluding carboxylic acids is 1. The molecule has 0 aliphatic heterocycles. The van der Waals surface area contributed by atoms with Crippen LogP contribution in [0.1, 0.15) is 26.3 Å². The van der Waals surface area contributed by atoms with E-state index in [0.29, 0.717) is 11.4 Å². The molecule has 0 unspecified atom stereocenters. The third kappa shape index (κ3) is 5.95. The Morgan fingerprint density at radius 1 is 1.07 bits per heavy atom. The van der Waals surface area contributed by atoms with Crippen LogP contribution in [0.3, 0.4) is 0 Å². The van der Waals surface area contributed by atoms with Gasteiger partial charge in [-0.25, -0.2) is 8.42 Å². The number of aryl methyl sites for hydroxylation is 1. The van der Waals surface area contributed by atoms with Gasteiger partial charge in [-0.05, 0) is 42.2 Å². The molecule has 0 aliphatic carbocycles. The lowest BCUT2D eigenvalue weighted by Crippen LogP contribution is -2.45. The van der Waals surface area contributed by atoms with Gasteiger partial charge < -0.3 is 11.1 Å². The molecule has 0 saturated carbocycles. The minimum Gasteiger partial charge on any atom is -0.325 e. The van der Waals surface area contributed by atoms with Gasteiger partial charge in [-0.3, -0.25) is 9.52 Å². The summed E-state index contributed by atoms with van der Waals surface area (Å²) in [6, 6.07) is 12.5. The van der Waals surface area contributed by atoms with Gasteiger partial charge in [0.25, 0.3) is 10.0 Å². The Kier molecular flexibility index (Phi) is 7.42. The molecule has 27 heavy (non-hydrogen) atoms. The van der Waals surface area contributed by atoms with E-state index in [1.807, 2.05) is 20.8 Å². The number of amides is 1. The molecule has 8 heteroatoms. The van der Waals surface area contributed by atoms with Crippen LogP contribution in [0.4, 0.5) is 11.4 Å². The minimum absolute atomic E-state index is 0. The molecule has 1 atom stereocenters. The number of hydrogen-bond acceptors (Lipinski definition) is 4. The Balaban J connectivity index is 0.00000364. The number of nitrogens with one attached hydrogen (secondary N) is 2. The maximum absolute atomic E-state index is 12.5. The van der Waals surface area contributed by atoms with Gasteiger partial charge in [0.1, 0.15) is 0 Å². The number of nitrogens with two attached hydrogens (primary N) is 1. The van der Waals surface area contributed by atoms with Crippen LogP contribution < -0.4 is 15.8 Å². The Bertz CT molecular complexity index is 894. The molecule has 4 N–H and O–H groups in total. The van der Waals surface area contributed by atoms with Crippen LogP contribution in [-0.4, -0.2) is 20.4 Å². The van der Waals surface area contributed by atoms with E-state index in [9.17, 15) is 13.2 Å². The van der Waals surface area contributed by atoms with Gasteiger partial charge in [-0.2, -0.15) is 0 Å². The summed E-state index contributed by atoms with van der Waals surface area (Å²) in [5.41, 5.74) is 7.20. The maximum Gasteiger partial charge on any atom is 0.261 e. The van der Waals surface area contributed by atoms with Crippen molar-refractivity contribution in [2.24, 2.45) is 11.1 Å². The number of carbonyl (C=O) groups is 1. The van der Waals surface area contributed by atoms with Crippen LogP contribution in [0.2, 0.25) is 0 Å². The zero-order valence-corrected chi connectivity index (χ0v) is 17.4. The largest absolute Gasteiger partial charge is 0.325 e. The molecular formula is C19H26ClN3O3S. The highest BCUT2D eigenvalue weighted by molar-refractivity contribution is 7.92. The summed E-state index contributed by atoms with van der Waals surface area (Å²) < 4.78 is 27.6. The fraction of sp³-hybridized carbons (Fsp3) is 0.316. The average molecular weight is 412 g/mol. The summed E-state index contributed by atoms with van der Waals surface area (Å²) in [5.74, 6) is -0.321. The van der Waals surface area contributed by atoms with Crippen LogP contribution in [0.5, 0.6) is 0 Å². The van der Waals surface area contributed by atoms with Crippen LogP contribution >= 0.6 is 12.4 Å². The molecule has 0 bridgehead atoms. The van der Waals surface area contributed by atoms with E-state index in [4.69, 9.17) is 5.73 Å². The van der Waals surface area contributed by atoms with E-state index in [0.717, 1.165) is 5.56 Å². The van der Waals surface area contributed by atoms with Crippen molar-refractivity contribution in [3.63, 3.8) is 0 Å². The monoisotopic (exact) mass is 411 g/mol. The van der Waals surface area contributed by atoms with Crippen molar-refractivity contribution in [3.8, 4) is 0 Å². The van der Waals surface area contributed by atoms with E-state index in [-0.39, 0.29) is 28.6 Å². The van der Waals surface area contributed by atoms with Crippen molar-refractivity contribution in [3.05, 3.63) is 54.1 Å². The molecule has 0 heterocycles. The van der Waals surface area contributed by atoms with Crippen molar-refractivity contribution >= 4 is 39.7 Å². The molecule has 2 rings (SSSR count). The Hall–Kier alpha value is -2.09. The number of sulfonamides is 1. The fourth-order valence-electron chi connectivity index (χ4n) is 2.23.